The fourth-order valence-electron chi connectivity index (χ4n) is 12.3. The van der Waals surface area contributed by atoms with E-state index in [2.05, 4.69) is 53.8 Å². The molecule has 336 valence electrons. The Hall–Kier alpha value is -4.92. The zero-order chi connectivity index (χ0) is 42.9. The van der Waals surface area contributed by atoms with Crippen LogP contribution in [0, 0.1) is 29.1 Å². The number of carbonyl (C=O) groups is 3. The fourth-order valence-corrected chi connectivity index (χ4v) is 12.3. The molecule has 7 N–H and O–H groups in total. The van der Waals surface area contributed by atoms with Gasteiger partial charge in [-0.05, 0) is 75.6 Å². The zero-order valence-corrected chi connectivity index (χ0v) is 37.2. The summed E-state index contributed by atoms with van der Waals surface area (Å²) in [7, 11) is 0. The Bertz CT molecular complexity index is 2180. The predicted molar refractivity (Wildman–Crippen MR) is 243 cm³/mol. The van der Waals surface area contributed by atoms with Gasteiger partial charge in [0.25, 0.3) is 0 Å². The number of aliphatic carboxylic acids is 1. The summed E-state index contributed by atoms with van der Waals surface area (Å²) in [5, 5.41) is 18.4. The van der Waals surface area contributed by atoms with Crippen LogP contribution in [-0.4, -0.2) is 77.0 Å². The molecule has 2 saturated carbocycles. The lowest BCUT2D eigenvalue weighted by atomic mass is 9.80. The summed E-state index contributed by atoms with van der Waals surface area (Å²) in [5.41, 5.74) is 16.3. The van der Waals surface area contributed by atoms with Crippen molar-refractivity contribution in [3.63, 3.8) is 0 Å². The van der Waals surface area contributed by atoms with Crippen LogP contribution in [0.2, 0.25) is 0 Å². The third kappa shape index (κ3) is 7.49. The van der Waals surface area contributed by atoms with Crippen LogP contribution in [-0.2, 0) is 14.4 Å². The number of anilines is 2. The van der Waals surface area contributed by atoms with Gasteiger partial charge in [-0.15, -0.1) is 12.4 Å². The number of nitrogens with zero attached hydrogens (tertiary/aromatic N) is 6. The van der Waals surface area contributed by atoms with Crippen molar-refractivity contribution in [2.24, 2.45) is 40.6 Å². The number of amides is 2. The highest BCUT2D eigenvalue weighted by molar-refractivity contribution is 5.85. The van der Waals surface area contributed by atoms with Gasteiger partial charge in [-0.1, -0.05) is 62.1 Å². The molecule has 6 aliphatic rings. The molecule has 4 fully saturated rings. The smallest absolute Gasteiger partial charge is 0.309 e. The molecule has 0 spiro atoms. The first-order chi connectivity index (χ1) is 30.0. The van der Waals surface area contributed by atoms with E-state index in [-0.39, 0.29) is 90.6 Å². The number of carboxylic acids is 1. The van der Waals surface area contributed by atoms with Gasteiger partial charge < -0.3 is 46.1 Å². The van der Waals surface area contributed by atoms with E-state index in [4.69, 9.17) is 21.4 Å². The monoisotopic (exact) mass is 878 g/mol. The molecule has 2 aromatic heterocycles. The van der Waals surface area contributed by atoms with Crippen LogP contribution in [0.1, 0.15) is 138 Å². The summed E-state index contributed by atoms with van der Waals surface area (Å²) in [6.07, 6.45) is 16.4. The van der Waals surface area contributed by atoms with E-state index in [0.29, 0.717) is 13.1 Å². The number of benzene rings is 2. The van der Waals surface area contributed by atoms with Gasteiger partial charge in [0.15, 0.2) is 0 Å². The van der Waals surface area contributed by atoms with E-state index in [1.165, 1.54) is 0 Å². The standard InChI is InChI=1S/C48H62N10O4.ClH/c1-48(2,47(61)62)27-38(55-25-21-51-43(55)39-32-19-23-57(45(59)28-11-3-7-15-34(28)49)41(32)30-13-5-9-17-36(30)53-39)56-26-22-52-44(56)40-33-20-24-58(46(60)29-12-4-8-16-35(29)50)42(33)31-14-6-10-18-37(31)54-40;/h5-6,9-10,13-14,17-18,21-22,25-26,28-29,32-35,38-42,53-54H,3-4,7-8,11-12,15-16,19-20,23-24,27,49-50H2,1-2H3,(H,61,62);1H/t28-,29-,32-,33-,34+,35+,39-,40-,41+,42+;/m0./s1. The highest BCUT2D eigenvalue weighted by Gasteiger charge is 2.52. The number of halogens is 1. The van der Waals surface area contributed by atoms with Crippen molar-refractivity contribution in [1.82, 2.24) is 28.9 Å². The van der Waals surface area contributed by atoms with Crippen LogP contribution in [0.3, 0.4) is 0 Å². The summed E-state index contributed by atoms with van der Waals surface area (Å²) in [5.74, 6) is 0.656. The Labute approximate surface area is 376 Å². The molecule has 63 heavy (non-hydrogen) atoms. The summed E-state index contributed by atoms with van der Waals surface area (Å²) < 4.78 is 4.28. The second-order valence-corrected chi connectivity index (χ2v) is 19.6. The number of imidazole rings is 2. The molecule has 14 nitrogen and oxygen atoms in total. The molecule has 2 saturated heterocycles. The topological polar surface area (TPSA) is 190 Å². The van der Waals surface area contributed by atoms with Crippen molar-refractivity contribution >= 4 is 41.6 Å². The summed E-state index contributed by atoms with van der Waals surface area (Å²) in [6.45, 7) is 4.82. The maximum atomic E-state index is 14.4. The number of rotatable bonds is 9. The molecule has 0 bridgehead atoms. The molecule has 10 atom stereocenters. The molecule has 2 aromatic carbocycles. The second kappa shape index (κ2) is 17.2. The van der Waals surface area contributed by atoms with E-state index in [9.17, 15) is 19.5 Å². The fraction of sp³-hybridized carbons (Fsp3) is 0.562. The number of likely N-dealkylation sites (tertiary alicyclic amines) is 2. The normalized spacial score (nSPS) is 30.0. The number of hydrogen-bond donors (Lipinski definition) is 5. The SMILES string of the molecule is CC(C)(CC(n1ccnc1[C@H]1Nc2ccccc2[C@@H]2[C@H]1CCN2C(=O)[C@H]1CCCC[C@H]1N)n1ccnc1[C@H]1Nc2ccccc2[C@@H]2[C@H]1CCN2C(=O)[C@H]1CCCC[C@H]1N)C(=O)O.Cl. The first-order valence-corrected chi connectivity index (χ1v) is 23.1. The van der Waals surface area contributed by atoms with Crippen LogP contribution in [0.5, 0.6) is 0 Å². The predicted octanol–water partition coefficient (Wildman–Crippen LogP) is 7.20. The highest BCUT2D eigenvalue weighted by atomic mass is 35.5. The van der Waals surface area contributed by atoms with Gasteiger partial charge in [-0.3, -0.25) is 14.4 Å². The van der Waals surface area contributed by atoms with Crippen molar-refractivity contribution in [3.05, 3.63) is 96.1 Å². The maximum Gasteiger partial charge on any atom is 0.309 e. The van der Waals surface area contributed by atoms with Crippen LogP contribution >= 0.6 is 12.4 Å². The Balaban J connectivity index is 0.00000504. The first-order valence-electron chi connectivity index (χ1n) is 23.1. The lowest BCUT2D eigenvalue weighted by molar-refractivity contribution is -0.148. The third-order valence-electron chi connectivity index (χ3n) is 15.6. The maximum absolute atomic E-state index is 14.4. The lowest BCUT2D eigenvalue weighted by Gasteiger charge is -2.42. The number of carboxylic acid groups (broad SMARTS) is 1. The van der Waals surface area contributed by atoms with Gasteiger partial charge in [0.1, 0.15) is 17.8 Å². The summed E-state index contributed by atoms with van der Waals surface area (Å²) in [6, 6.07) is 15.5. The van der Waals surface area contributed by atoms with Crippen molar-refractivity contribution in [2.75, 3.05) is 23.7 Å². The van der Waals surface area contributed by atoms with Gasteiger partial charge in [0, 0.05) is 79.6 Å². The van der Waals surface area contributed by atoms with E-state index in [0.717, 1.165) is 98.4 Å². The quantitative estimate of drug-likeness (QED) is 0.115. The number of fused-ring (bicyclic) bond motifs is 6. The van der Waals surface area contributed by atoms with Crippen molar-refractivity contribution in [1.29, 1.82) is 0 Å². The van der Waals surface area contributed by atoms with Gasteiger partial charge in [0.2, 0.25) is 11.8 Å². The average Bonchev–Trinajstić information content (AvgIpc) is 4.12. The molecular formula is C48H63ClN10O4. The van der Waals surface area contributed by atoms with E-state index < -0.39 is 17.6 Å². The molecule has 4 aromatic rings. The van der Waals surface area contributed by atoms with Gasteiger partial charge >= 0.3 is 5.97 Å². The Morgan fingerprint density at radius 3 is 1.56 bits per heavy atom. The minimum absolute atomic E-state index is 0. The van der Waals surface area contributed by atoms with E-state index in [1.807, 2.05) is 49.1 Å². The minimum Gasteiger partial charge on any atom is -0.481 e. The molecule has 0 unspecified atom stereocenters. The zero-order valence-electron chi connectivity index (χ0n) is 36.4. The average molecular weight is 880 g/mol. The Kier molecular flexibility index (Phi) is 11.9. The number of hydrogen-bond acceptors (Lipinski definition) is 9. The minimum atomic E-state index is -1.12. The van der Waals surface area contributed by atoms with E-state index >= 15 is 0 Å². The molecule has 4 aliphatic heterocycles. The van der Waals surface area contributed by atoms with Crippen molar-refractivity contribution in [2.45, 2.75) is 127 Å². The first kappa shape index (κ1) is 43.3. The largest absolute Gasteiger partial charge is 0.481 e. The molecule has 2 amide bonds. The second-order valence-electron chi connectivity index (χ2n) is 19.6. The molecule has 6 heterocycles. The lowest BCUT2D eigenvalue weighted by Crippen LogP contribution is -2.47. The highest BCUT2D eigenvalue weighted by Crippen LogP contribution is 2.54. The Morgan fingerprint density at radius 2 is 1.13 bits per heavy atom. The third-order valence-corrected chi connectivity index (χ3v) is 15.6. The van der Waals surface area contributed by atoms with Gasteiger partial charge in [0.05, 0.1) is 41.4 Å². The summed E-state index contributed by atoms with van der Waals surface area (Å²) in [4.78, 5) is 56.2. The molecular weight excluding hydrogens is 816 g/mol. The van der Waals surface area contributed by atoms with Crippen LogP contribution < -0.4 is 22.1 Å². The van der Waals surface area contributed by atoms with Gasteiger partial charge in [-0.2, -0.15) is 0 Å². The van der Waals surface area contributed by atoms with Crippen LogP contribution in [0.25, 0.3) is 0 Å². The number of nitrogens with one attached hydrogen (secondary N) is 2. The van der Waals surface area contributed by atoms with Crippen LogP contribution in [0.4, 0.5) is 11.4 Å². The number of aromatic nitrogens is 4. The van der Waals surface area contributed by atoms with E-state index in [1.54, 1.807) is 13.8 Å². The Morgan fingerprint density at radius 1 is 0.698 bits per heavy atom. The number of para-hydroxylation sites is 2. The van der Waals surface area contributed by atoms with Crippen LogP contribution in [0.15, 0.2) is 73.3 Å². The number of carbonyl (C=O) groups excluding carboxylic acids is 2. The molecule has 15 heteroatoms. The molecule has 0 radical (unpaired) electrons. The van der Waals surface area contributed by atoms with Crippen molar-refractivity contribution in [3.8, 4) is 0 Å². The number of nitrogens with two attached hydrogens (primary N) is 2. The summed E-state index contributed by atoms with van der Waals surface area (Å²) >= 11 is 0. The molecule has 10 rings (SSSR count). The van der Waals surface area contributed by atoms with Crippen molar-refractivity contribution < 1.29 is 19.5 Å². The van der Waals surface area contributed by atoms with Gasteiger partial charge in [-0.25, -0.2) is 9.97 Å². The molecule has 2 aliphatic carbocycles.